The maximum absolute atomic E-state index is 12.6. The van der Waals surface area contributed by atoms with Crippen molar-refractivity contribution in [3.63, 3.8) is 0 Å². The fourth-order valence-electron chi connectivity index (χ4n) is 3.57. The quantitative estimate of drug-likeness (QED) is 0.349. The highest BCUT2D eigenvalue weighted by Crippen LogP contribution is 2.34. The molecule has 0 aliphatic heterocycles. The van der Waals surface area contributed by atoms with E-state index in [4.69, 9.17) is 14.8 Å². The van der Waals surface area contributed by atoms with Gasteiger partial charge in [0.05, 0.1) is 13.2 Å². The zero-order valence-corrected chi connectivity index (χ0v) is 21.6. The fraction of sp³-hybridized carbons (Fsp3) is 0.346. The predicted molar refractivity (Wildman–Crippen MR) is 142 cm³/mol. The molecule has 0 bridgehead atoms. The Hall–Kier alpha value is -3.59. The van der Waals surface area contributed by atoms with Crippen LogP contribution in [0.1, 0.15) is 33.3 Å². The Morgan fingerprint density at radius 3 is 2.49 bits per heavy atom. The molecule has 1 amide bonds. The Bertz CT molecular complexity index is 1280. The van der Waals surface area contributed by atoms with Gasteiger partial charge in [0, 0.05) is 24.7 Å². The summed E-state index contributed by atoms with van der Waals surface area (Å²) in [7, 11) is 1.86. The number of carbonyl (C=O) groups is 1. The SMILES string of the molecule is CCOc1ccc(CNC(=O)CN(C)c2nn3c(NC(C)(C)C)c(-c4ccccc4)nc3s2)cc1. The van der Waals surface area contributed by atoms with E-state index in [0.717, 1.165) is 38.5 Å². The number of fused-ring (bicyclic) bond motifs is 1. The molecule has 0 spiro atoms. The van der Waals surface area contributed by atoms with E-state index >= 15 is 0 Å². The van der Waals surface area contributed by atoms with E-state index in [9.17, 15) is 4.79 Å². The average molecular weight is 493 g/mol. The maximum atomic E-state index is 12.6. The second-order valence-electron chi connectivity index (χ2n) is 9.34. The van der Waals surface area contributed by atoms with Crippen molar-refractivity contribution in [1.82, 2.24) is 19.9 Å². The van der Waals surface area contributed by atoms with E-state index in [1.807, 2.05) is 78.0 Å². The van der Waals surface area contributed by atoms with Crippen molar-refractivity contribution in [2.75, 3.05) is 30.4 Å². The molecule has 0 saturated carbocycles. The third kappa shape index (κ3) is 6.10. The predicted octanol–water partition coefficient (Wildman–Crippen LogP) is 4.82. The first kappa shape index (κ1) is 24.5. The van der Waals surface area contributed by atoms with Gasteiger partial charge < -0.3 is 20.3 Å². The van der Waals surface area contributed by atoms with Gasteiger partial charge in [0.1, 0.15) is 11.4 Å². The number of benzene rings is 2. The van der Waals surface area contributed by atoms with Crippen LogP contribution in [0.4, 0.5) is 10.9 Å². The van der Waals surface area contributed by atoms with Gasteiger partial charge in [-0.05, 0) is 45.4 Å². The summed E-state index contributed by atoms with van der Waals surface area (Å²) in [6.07, 6.45) is 0. The molecular formula is C26H32N6O2S. The lowest BCUT2D eigenvalue weighted by atomic mass is 10.1. The van der Waals surface area contributed by atoms with Gasteiger partial charge in [0.15, 0.2) is 5.82 Å². The molecule has 35 heavy (non-hydrogen) atoms. The van der Waals surface area contributed by atoms with Gasteiger partial charge in [0.25, 0.3) is 0 Å². The second kappa shape index (κ2) is 10.4. The molecule has 0 unspecified atom stereocenters. The van der Waals surface area contributed by atoms with Crippen LogP contribution in [0.15, 0.2) is 54.6 Å². The number of anilines is 2. The largest absolute Gasteiger partial charge is 0.494 e. The first-order valence-electron chi connectivity index (χ1n) is 11.7. The third-order valence-corrected chi connectivity index (χ3v) is 6.19. The monoisotopic (exact) mass is 492 g/mol. The molecular weight excluding hydrogens is 460 g/mol. The lowest BCUT2D eigenvalue weighted by molar-refractivity contribution is -0.119. The Morgan fingerprint density at radius 1 is 1.11 bits per heavy atom. The van der Waals surface area contributed by atoms with Gasteiger partial charge in [-0.3, -0.25) is 4.79 Å². The molecule has 9 heteroatoms. The standard InChI is InChI=1S/C26H32N6O2S/c1-6-34-20-14-12-18(13-15-20)16-27-21(33)17-31(5)25-30-32-23(29-26(2,3)4)22(28-24(32)35-25)19-10-8-7-9-11-19/h7-15,29H,6,16-17H2,1-5H3,(H,27,33). The van der Waals surface area contributed by atoms with Gasteiger partial charge in [-0.15, -0.1) is 5.10 Å². The zero-order valence-electron chi connectivity index (χ0n) is 20.8. The van der Waals surface area contributed by atoms with Gasteiger partial charge >= 0.3 is 0 Å². The van der Waals surface area contributed by atoms with Crippen molar-refractivity contribution >= 4 is 33.2 Å². The van der Waals surface area contributed by atoms with E-state index in [1.54, 1.807) is 0 Å². The van der Waals surface area contributed by atoms with E-state index in [-0.39, 0.29) is 18.0 Å². The van der Waals surface area contributed by atoms with Crippen LogP contribution in [0.2, 0.25) is 0 Å². The number of nitrogens with zero attached hydrogens (tertiary/aromatic N) is 4. The summed E-state index contributed by atoms with van der Waals surface area (Å²) in [5.74, 6) is 1.59. The molecule has 0 aliphatic carbocycles. The Labute approximate surface area is 209 Å². The molecule has 8 nitrogen and oxygen atoms in total. The summed E-state index contributed by atoms with van der Waals surface area (Å²) in [6, 6.07) is 17.8. The molecule has 184 valence electrons. The number of likely N-dealkylation sites (N-methyl/N-ethyl adjacent to an activating group) is 1. The lowest BCUT2D eigenvalue weighted by Gasteiger charge is -2.22. The lowest BCUT2D eigenvalue weighted by Crippen LogP contribution is -2.34. The van der Waals surface area contributed by atoms with Crippen LogP contribution in [0.25, 0.3) is 16.2 Å². The average Bonchev–Trinajstić information content (AvgIpc) is 3.38. The number of nitrogens with one attached hydrogen (secondary N) is 2. The van der Waals surface area contributed by atoms with Gasteiger partial charge in [-0.2, -0.15) is 4.52 Å². The molecule has 0 atom stereocenters. The number of hydrogen-bond acceptors (Lipinski definition) is 7. The minimum Gasteiger partial charge on any atom is -0.494 e. The Kier molecular flexibility index (Phi) is 7.25. The van der Waals surface area contributed by atoms with Crippen LogP contribution in [-0.4, -0.2) is 46.2 Å². The van der Waals surface area contributed by atoms with Crippen molar-refractivity contribution in [3.05, 3.63) is 60.2 Å². The van der Waals surface area contributed by atoms with Crippen molar-refractivity contribution in [1.29, 1.82) is 0 Å². The second-order valence-corrected chi connectivity index (χ2v) is 10.3. The topological polar surface area (TPSA) is 83.8 Å². The van der Waals surface area contributed by atoms with Crippen LogP contribution in [0, 0.1) is 0 Å². The third-order valence-electron chi connectivity index (χ3n) is 5.16. The normalized spacial score (nSPS) is 11.5. The first-order chi connectivity index (χ1) is 16.7. The summed E-state index contributed by atoms with van der Waals surface area (Å²) in [5.41, 5.74) is 2.74. The van der Waals surface area contributed by atoms with Crippen LogP contribution >= 0.6 is 11.3 Å². The van der Waals surface area contributed by atoms with Crippen LogP contribution in [-0.2, 0) is 11.3 Å². The molecule has 0 saturated heterocycles. The smallest absolute Gasteiger partial charge is 0.239 e. The highest BCUT2D eigenvalue weighted by atomic mass is 32.1. The van der Waals surface area contributed by atoms with Crippen molar-refractivity contribution in [3.8, 4) is 17.0 Å². The number of carbonyl (C=O) groups excluding carboxylic acids is 1. The Balaban J connectivity index is 1.46. The van der Waals surface area contributed by atoms with E-state index in [2.05, 4.69) is 31.4 Å². The maximum Gasteiger partial charge on any atom is 0.239 e. The minimum atomic E-state index is -0.171. The van der Waals surface area contributed by atoms with Crippen LogP contribution in [0.5, 0.6) is 5.75 Å². The number of aromatic nitrogens is 3. The Morgan fingerprint density at radius 2 is 1.83 bits per heavy atom. The fourth-order valence-corrected chi connectivity index (χ4v) is 4.43. The van der Waals surface area contributed by atoms with Gasteiger partial charge in [-0.1, -0.05) is 53.8 Å². The number of amides is 1. The first-order valence-corrected chi connectivity index (χ1v) is 12.5. The molecule has 0 aliphatic rings. The zero-order chi connectivity index (χ0) is 25.0. The number of imidazole rings is 1. The van der Waals surface area contributed by atoms with Crippen molar-refractivity contribution in [2.45, 2.75) is 39.8 Å². The van der Waals surface area contributed by atoms with E-state index in [1.165, 1.54) is 11.3 Å². The molecule has 2 aromatic carbocycles. The van der Waals surface area contributed by atoms with Crippen molar-refractivity contribution in [2.24, 2.45) is 0 Å². The minimum absolute atomic E-state index is 0.0766. The molecule has 0 radical (unpaired) electrons. The highest BCUT2D eigenvalue weighted by molar-refractivity contribution is 7.20. The highest BCUT2D eigenvalue weighted by Gasteiger charge is 2.23. The number of hydrogen-bond donors (Lipinski definition) is 2. The van der Waals surface area contributed by atoms with Crippen molar-refractivity contribution < 1.29 is 9.53 Å². The summed E-state index contributed by atoms with van der Waals surface area (Å²) < 4.78 is 7.30. The molecule has 2 heterocycles. The number of ether oxygens (including phenoxy) is 1. The van der Waals surface area contributed by atoms with Gasteiger partial charge in [0.2, 0.25) is 16.0 Å². The summed E-state index contributed by atoms with van der Waals surface area (Å²) in [4.78, 5) is 20.1. The van der Waals surface area contributed by atoms with E-state index < -0.39 is 0 Å². The molecule has 2 aromatic heterocycles. The van der Waals surface area contributed by atoms with E-state index in [0.29, 0.717) is 13.2 Å². The molecule has 4 rings (SSSR count). The number of rotatable bonds is 9. The summed E-state index contributed by atoms with van der Waals surface area (Å²) in [5, 5.41) is 12.0. The molecule has 4 aromatic rings. The molecule has 2 N–H and O–H groups in total. The van der Waals surface area contributed by atoms with Gasteiger partial charge in [-0.25, -0.2) is 4.98 Å². The van der Waals surface area contributed by atoms with Crippen LogP contribution < -0.4 is 20.3 Å². The molecule has 0 fully saturated rings. The summed E-state index contributed by atoms with van der Waals surface area (Å²) in [6.45, 7) is 9.56. The summed E-state index contributed by atoms with van der Waals surface area (Å²) >= 11 is 1.46. The van der Waals surface area contributed by atoms with Crippen LogP contribution in [0.3, 0.4) is 0 Å².